The Morgan fingerprint density at radius 3 is 0.244 bits per heavy atom. The van der Waals surface area contributed by atoms with E-state index in [9.17, 15) is 0 Å². The molecule has 0 nitrogen and oxygen atoms in total. The summed E-state index contributed by atoms with van der Waals surface area (Å²) in [4.78, 5) is 0. The topological polar surface area (TPSA) is 0 Å². The fraction of sp³-hybridized carbons (Fsp3) is 1.00. The molecule has 0 aromatic carbocycles. The van der Waals surface area contributed by atoms with Crippen molar-refractivity contribution in [3.63, 3.8) is 0 Å². The molecule has 0 heterocycles. The molecule has 0 fully saturated rings. The fourth-order valence-electron chi connectivity index (χ4n) is 0.224. The van der Waals surface area contributed by atoms with Crippen LogP contribution >= 0.6 is 7.92 Å². The Kier molecular flexibility index (Phi) is 41000. The lowest BCUT2D eigenvalue weighted by molar-refractivity contribution is 1.41. The zero-order chi connectivity index (χ0) is 4.99. The van der Waals surface area contributed by atoms with Crippen LogP contribution in [-0.2, 0) is 0 Å². The van der Waals surface area contributed by atoms with Gasteiger partial charge in [-0.3, -0.25) is 0 Å². The lowest BCUT2D eigenvalue weighted by atomic mass is 10.8. The van der Waals surface area contributed by atoms with Gasteiger partial charge < -0.3 is 0 Å². The molecule has 0 aromatic heterocycles. The molecule has 0 N–H and O–H groups in total. The highest BCUT2D eigenvalue weighted by molar-refractivity contribution is 7.56. The summed E-state index contributed by atoms with van der Waals surface area (Å²) in [7, 11) is 0.424. The highest BCUT2D eigenvalue weighted by Gasteiger charge is 1.87. The van der Waals surface area contributed by atoms with Gasteiger partial charge in [0.25, 0.3) is 0 Å². The smallest absolute Gasteiger partial charge is 0 e. The maximum absolute atomic E-state index is 2.34. The molecular formula is C5H13B35P. The summed E-state index contributed by atoms with van der Waals surface area (Å²) in [6.45, 7) is 6.86. The largest absolute Gasteiger partial charge is 0.110 e. The number of hydrogen-bond acceptors (Lipinski definition) is 0. The first-order chi connectivity index (χ1) is 2.81. The predicted molar refractivity (Wildman–Crippen MR) is 235 cm³/mol. The van der Waals surface area contributed by atoms with Gasteiger partial charge in [-0.1, -0.05) is 13.8 Å². The van der Waals surface area contributed by atoms with E-state index in [4.69, 9.17) is 0 Å². The maximum atomic E-state index is 2.34. The molecule has 0 unspecified atom stereocenters. The van der Waals surface area contributed by atoms with Gasteiger partial charge in [-0.05, 0) is 19.0 Å². The minimum Gasteiger partial charge on any atom is -0.110 e. The lowest BCUT2D eigenvalue weighted by Crippen LogP contribution is -1.75. The highest BCUT2D eigenvalue weighted by atomic mass is 31.1. The van der Waals surface area contributed by atoms with Crippen molar-refractivity contribution in [3.8, 4) is 0 Å². The van der Waals surface area contributed by atoms with Crippen LogP contribution in [0.4, 0.5) is 0 Å². The third-order valence-electron chi connectivity index (χ3n) is 1.08. The Balaban J connectivity index is -0.000000000210. The molecule has 105 radical (unpaired) electrons. The Bertz CT molecular complexity index is 47.7. The van der Waals surface area contributed by atoms with Crippen molar-refractivity contribution in [2.75, 3.05) is 19.0 Å². The van der Waals surface area contributed by atoms with E-state index in [0.717, 1.165) is 0 Å². The predicted octanol–water partition coefficient (Wildman–Crippen LogP) is -11.2. The molecule has 0 atom stereocenters. The normalized spacial score (nSPS) is 1.46. The summed E-state index contributed by atoms with van der Waals surface area (Å²) in [5.41, 5.74) is 0. The lowest BCUT2D eigenvalue weighted by Gasteiger charge is -2.00. The van der Waals surface area contributed by atoms with Crippen LogP contribution in [0.15, 0.2) is 0 Å². The van der Waals surface area contributed by atoms with Crippen molar-refractivity contribution < 1.29 is 0 Å². The monoisotopic (exact) mass is 489 g/mol. The van der Waals surface area contributed by atoms with Gasteiger partial charge in [0.1, 0.15) is 0 Å². The summed E-state index contributed by atoms with van der Waals surface area (Å²) in [6, 6.07) is 0. The van der Waals surface area contributed by atoms with Crippen molar-refractivity contribution >= 4 is 302 Å². The van der Waals surface area contributed by atoms with Crippen LogP contribution in [0.2, 0.25) is 0 Å². The quantitative estimate of drug-likeness (QED) is 0.271. The number of rotatable bonds is 2. The Morgan fingerprint density at radius 2 is 0.244 bits per heavy atom. The Morgan fingerprint density at radius 1 is 0.195 bits per heavy atom. The molecule has 0 amide bonds. The second-order valence-electron chi connectivity index (χ2n) is 1.49. The van der Waals surface area contributed by atoms with Crippen molar-refractivity contribution in [2.45, 2.75) is 13.8 Å². The second kappa shape index (κ2) is 1250. The minimum atomic E-state index is 0. The summed E-state index contributed by atoms with van der Waals surface area (Å²) >= 11 is 0. The first kappa shape index (κ1) is 1340. The van der Waals surface area contributed by atoms with Crippen molar-refractivity contribution in [1.82, 2.24) is 0 Å². The van der Waals surface area contributed by atoms with E-state index >= 15 is 0 Å². The maximum Gasteiger partial charge on any atom is 0 e. The van der Waals surface area contributed by atoms with Gasteiger partial charge in [0, 0.05) is 294 Å². The summed E-state index contributed by atoms with van der Waals surface area (Å²) in [5, 5.41) is 0. The van der Waals surface area contributed by atoms with Gasteiger partial charge in [-0.25, -0.2) is 0 Å². The van der Waals surface area contributed by atoms with Crippen LogP contribution < -0.4 is 0 Å². The highest BCUT2D eigenvalue weighted by Crippen LogP contribution is 2.27. The average molecular weight is 483 g/mol. The van der Waals surface area contributed by atoms with Gasteiger partial charge in [-0.2, -0.15) is 0 Å². The van der Waals surface area contributed by atoms with Gasteiger partial charge >= 0.3 is 0 Å². The molecule has 36 heteroatoms. The molecule has 0 aromatic rings. The molecule has 0 bridgehead atoms. The van der Waals surface area contributed by atoms with Gasteiger partial charge in [0.15, 0.2) is 0 Å². The fourth-order valence-corrected chi connectivity index (χ4v) is 0.671. The van der Waals surface area contributed by atoms with Crippen molar-refractivity contribution in [2.24, 2.45) is 0 Å². The van der Waals surface area contributed by atoms with Crippen LogP contribution in [-0.4, -0.2) is 313 Å². The standard InChI is InChI=1S/C5H13P.35B/c1-4-6(3)5-2;;;;;;;;;;;;;;;;;;;;;;;;;;;;;;;;;;;/h4-5H2,1-3H3;;;;;;;;;;;;;;;;;;;;;;;;;;;;;;;;;;;. The molecule has 0 saturated heterocycles. The van der Waals surface area contributed by atoms with Gasteiger partial charge in [0.05, 0.1) is 0 Å². The summed E-state index contributed by atoms with van der Waals surface area (Å²) in [6.07, 6.45) is 2.79. The van der Waals surface area contributed by atoms with E-state index in [1.165, 1.54) is 12.3 Å². The molecule has 0 spiro atoms. The molecule has 41 heavy (non-hydrogen) atoms. The second-order valence-corrected chi connectivity index (χ2v) is 4.47. The molecule has 0 aliphatic heterocycles. The Hall–Kier alpha value is 2.70. The van der Waals surface area contributed by atoms with E-state index in [1.807, 2.05) is 0 Å². The van der Waals surface area contributed by atoms with Crippen LogP contribution in [0.3, 0.4) is 0 Å². The SMILES string of the molecule is CCP(C)CC.[B].[B].[B].[B].[B].[B].[B].[B].[B].[B].[B].[B].[B].[B].[B].[B].[B].[B].[B].[B].[B].[B].[B].[B].[B].[B].[B].[B].[B].[B].[B].[B].[B].[B].[B]. The average Bonchev–Trinajstić information content (AvgIpc) is 1.65. The van der Waals surface area contributed by atoms with E-state index in [1.54, 1.807) is 0 Å². The summed E-state index contributed by atoms with van der Waals surface area (Å²) in [5.74, 6) is 0. The van der Waals surface area contributed by atoms with Crippen LogP contribution in [0.1, 0.15) is 13.8 Å². The van der Waals surface area contributed by atoms with E-state index in [0.29, 0.717) is 7.92 Å². The molecule has 0 aliphatic rings. The third-order valence-corrected chi connectivity index (χ3v) is 3.24. The molecule has 143 valence electrons. The summed E-state index contributed by atoms with van der Waals surface area (Å²) < 4.78 is 0. The Labute approximate surface area is 333 Å². The molecule has 0 rings (SSSR count). The van der Waals surface area contributed by atoms with Crippen molar-refractivity contribution in [1.29, 1.82) is 0 Å². The molecule has 0 saturated carbocycles. The van der Waals surface area contributed by atoms with E-state index in [-0.39, 0.29) is 294 Å². The zero-order valence-corrected chi connectivity index (χ0v) is 26.0. The van der Waals surface area contributed by atoms with Crippen LogP contribution in [0, 0.1) is 0 Å². The third kappa shape index (κ3) is 1570. The van der Waals surface area contributed by atoms with Crippen LogP contribution in [0.25, 0.3) is 0 Å². The first-order valence-electron chi connectivity index (χ1n) is 2.49. The van der Waals surface area contributed by atoms with E-state index in [2.05, 4.69) is 20.5 Å². The number of hydrogen-bond donors (Lipinski definition) is 0. The molecule has 0 aliphatic carbocycles. The van der Waals surface area contributed by atoms with E-state index < -0.39 is 0 Å². The van der Waals surface area contributed by atoms with Crippen molar-refractivity contribution in [3.05, 3.63) is 0 Å². The molecular weight excluding hydrogens is 469 g/mol. The zero-order valence-electron chi connectivity index (χ0n) is 25.1. The van der Waals surface area contributed by atoms with Gasteiger partial charge in [0.2, 0.25) is 0 Å². The van der Waals surface area contributed by atoms with Gasteiger partial charge in [-0.15, -0.1) is 7.92 Å². The minimum absolute atomic E-state index is 0. The first-order valence-corrected chi connectivity index (χ1v) is 4.65. The van der Waals surface area contributed by atoms with Crippen LogP contribution in [0.5, 0.6) is 0 Å².